The Morgan fingerprint density at radius 3 is 2.89 bits per heavy atom. The molecule has 1 atom stereocenters. The average Bonchev–Trinajstić information content (AvgIpc) is 3.31. The first-order chi connectivity index (χ1) is 13.6. The first kappa shape index (κ1) is 17.8. The average molecular weight is 376 g/mol. The van der Waals surface area contributed by atoms with Gasteiger partial charge in [-0.1, -0.05) is 5.92 Å². The quantitative estimate of drug-likeness (QED) is 0.550. The Morgan fingerprint density at radius 2 is 2.14 bits per heavy atom. The molecule has 0 spiro atoms. The van der Waals surface area contributed by atoms with Gasteiger partial charge in [-0.05, 0) is 43.0 Å². The highest BCUT2D eigenvalue weighted by atomic mass is 16.5. The summed E-state index contributed by atoms with van der Waals surface area (Å²) in [6.45, 7) is 3.27. The number of nitrogens with two attached hydrogens (primary N) is 1. The fourth-order valence-corrected chi connectivity index (χ4v) is 3.47. The number of rotatable bonds is 3. The van der Waals surface area contributed by atoms with Crippen LogP contribution in [0.5, 0.6) is 5.75 Å². The van der Waals surface area contributed by atoms with Gasteiger partial charge in [-0.25, -0.2) is 14.6 Å². The maximum Gasteiger partial charge on any atom is 0.209 e. The topological polar surface area (TPSA) is 99.2 Å². The van der Waals surface area contributed by atoms with Gasteiger partial charge in [0.05, 0.1) is 18.5 Å². The molecule has 0 saturated carbocycles. The van der Waals surface area contributed by atoms with Crippen molar-refractivity contribution in [2.24, 2.45) is 0 Å². The van der Waals surface area contributed by atoms with Gasteiger partial charge in [-0.15, -0.1) is 0 Å². The van der Waals surface area contributed by atoms with Gasteiger partial charge in [-0.2, -0.15) is 5.10 Å². The predicted octanol–water partition coefficient (Wildman–Crippen LogP) is 1.53. The number of hydrogen-bond acceptors (Lipinski definition) is 6. The maximum atomic E-state index is 11.1. The normalized spacial score (nSPS) is 16.1. The molecule has 3 heterocycles. The number of carbonyl (C=O) groups is 1. The Labute approximate surface area is 162 Å². The lowest BCUT2D eigenvalue weighted by molar-refractivity contribution is -0.117. The fourth-order valence-electron chi connectivity index (χ4n) is 3.47. The number of aryl methyl sites for hydroxylation is 1. The van der Waals surface area contributed by atoms with E-state index in [1.54, 1.807) is 12.0 Å². The van der Waals surface area contributed by atoms with Crippen molar-refractivity contribution >= 4 is 23.3 Å². The number of amides is 1. The number of nitrogen functional groups attached to an aromatic ring is 1. The van der Waals surface area contributed by atoms with Crippen molar-refractivity contribution in [3.05, 3.63) is 41.3 Å². The van der Waals surface area contributed by atoms with Crippen LogP contribution in [0.4, 0.5) is 5.82 Å². The summed E-state index contributed by atoms with van der Waals surface area (Å²) >= 11 is 0. The number of aromatic nitrogens is 4. The Morgan fingerprint density at radius 1 is 1.29 bits per heavy atom. The standard InChI is InChI=1S/C20H20N6O2/c1-13-7-14(9-16(8-13)28-2)3-4-17-18-19(21)22-11-23-20(18)26(24-17)15-5-6-25(10-15)12-27/h7-9,11-12,15H,5-6,10H2,1-2H3,(H2,21,22,23)/t15-/m0/s1. The minimum Gasteiger partial charge on any atom is -0.497 e. The molecule has 2 aromatic heterocycles. The van der Waals surface area contributed by atoms with Crippen molar-refractivity contribution in [2.75, 3.05) is 25.9 Å². The molecule has 2 N–H and O–H groups in total. The van der Waals surface area contributed by atoms with Crippen molar-refractivity contribution in [1.29, 1.82) is 0 Å². The molecule has 0 aliphatic carbocycles. The van der Waals surface area contributed by atoms with E-state index < -0.39 is 0 Å². The Balaban J connectivity index is 1.79. The van der Waals surface area contributed by atoms with Crippen LogP contribution in [0.25, 0.3) is 11.0 Å². The summed E-state index contributed by atoms with van der Waals surface area (Å²) in [5.74, 6) is 7.34. The van der Waals surface area contributed by atoms with Crippen molar-refractivity contribution < 1.29 is 9.53 Å². The van der Waals surface area contributed by atoms with Crippen LogP contribution in [-0.2, 0) is 4.79 Å². The molecule has 1 fully saturated rings. The summed E-state index contributed by atoms with van der Waals surface area (Å²) in [5.41, 5.74) is 9.14. The minimum atomic E-state index is 0.0385. The molecule has 0 radical (unpaired) electrons. The smallest absolute Gasteiger partial charge is 0.209 e. The summed E-state index contributed by atoms with van der Waals surface area (Å²) < 4.78 is 7.13. The zero-order valence-electron chi connectivity index (χ0n) is 15.7. The molecule has 28 heavy (non-hydrogen) atoms. The van der Waals surface area contributed by atoms with Crippen LogP contribution in [0.15, 0.2) is 24.5 Å². The molecule has 1 aliphatic rings. The molecule has 1 amide bonds. The fraction of sp³-hybridized carbons (Fsp3) is 0.300. The highest BCUT2D eigenvalue weighted by Crippen LogP contribution is 2.28. The summed E-state index contributed by atoms with van der Waals surface area (Å²) in [7, 11) is 1.63. The number of hydrogen-bond donors (Lipinski definition) is 1. The summed E-state index contributed by atoms with van der Waals surface area (Å²) in [4.78, 5) is 21.3. The third kappa shape index (κ3) is 3.22. The second-order valence-electron chi connectivity index (χ2n) is 6.78. The molecule has 142 valence electrons. The Kier molecular flexibility index (Phi) is 4.57. The molecule has 0 bridgehead atoms. The molecular weight excluding hydrogens is 356 g/mol. The van der Waals surface area contributed by atoms with E-state index in [9.17, 15) is 4.79 Å². The van der Waals surface area contributed by atoms with E-state index in [2.05, 4.69) is 26.9 Å². The van der Waals surface area contributed by atoms with Crippen LogP contribution >= 0.6 is 0 Å². The number of fused-ring (bicyclic) bond motifs is 1. The molecule has 8 heteroatoms. The second-order valence-corrected chi connectivity index (χ2v) is 6.78. The lowest BCUT2D eigenvalue weighted by Gasteiger charge is -2.11. The van der Waals surface area contributed by atoms with Gasteiger partial charge >= 0.3 is 0 Å². The molecule has 0 unspecified atom stereocenters. The zero-order valence-corrected chi connectivity index (χ0v) is 15.7. The number of carbonyl (C=O) groups excluding carboxylic acids is 1. The third-order valence-corrected chi connectivity index (χ3v) is 4.82. The maximum absolute atomic E-state index is 11.1. The van der Waals surface area contributed by atoms with E-state index in [4.69, 9.17) is 10.5 Å². The SMILES string of the molecule is COc1cc(C)cc(C#Cc2nn([C@H]3CCN(C=O)C3)c3ncnc(N)c23)c1. The number of ether oxygens (including phenoxy) is 1. The molecule has 8 nitrogen and oxygen atoms in total. The van der Waals surface area contributed by atoms with Crippen LogP contribution in [0, 0.1) is 18.8 Å². The Hall–Kier alpha value is -3.60. The molecule has 4 rings (SSSR count). The Bertz CT molecular complexity index is 1110. The zero-order chi connectivity index (χ0) is 19.7. The van der Waals surface area contributed by atoms with Crippen molar-refractivity contribution in [3.63, 3.8) is 0 Å². The highest BCUT2D eigenvalue weighted by molar-refractivity contribution is 5.90. The first-order valence-electron chi connectivity index (χ1n) is 8.94. The van der Waals surface area contributed by atoms with Crippen LogP contribution < -0.4 is 10.5 Å². The van der Waals surface area contributed by atoms with E-state index in [1.165, 1.54) is 6.33 Å². The van der Waals surface area contributed by atoms with Gasteiger partial charge in [0.25, 0.3) is 0 Å². The lowest BCUT2D eigenvalue weighted by atomic mass is 10.1. The number of nitrogens with zero attached hydrogens (tertiary/aromatic N) is 5. The molecule has 1 aliphatic heterocycles. The van der Waals surface area contributed by atoms with E-state index >= 15 is 0 Å². The predicted molar refractivity (Wildman–Crippen MR) is 105 cm³/mol. The number of benzene rings is 1. The third-order valence-electron chi connectivity index (χ3n) is 4.82. The van der Waals surface area contributed by atoms with Crippen molar-refractivity contribution in [3.8, 4) is 17.6 Å². The molecule has 1 saturated heterocycles. The molecule has 3 aromatic rings. The van der Waals surface area contributed by atoms with Crippen LogP contribution in [0.3, 0.4) is 0 Å². The second kappa shape index (κ2) is 7.19. The van der Waals surface area contributed by atoms with Crippen LogP contribution in [0.2, 0.25) is 0 Å². The van der Waals surface area contributed by atoms with Crippen LogP contribution in [0.1, 0.15) is 29.3 Å². The summed E-state index contributed by atoms with van der Waals surface area (Å²) in [6.07, 6.45) is 3.09. The summed E-state index contributed by atoms with van der Waals surface area (Å²) in [5, 5.41) is 5.31. The van der Waals surface area contributed by atoms with Gasteiger partial charge in [-0.3, -0.25) is 4.79 Å². The van der Waals surface area contributed by atoms with Gasteiger partial charge in [0, 0.05) is 18.7 Å². The monoisotopic (exact) mass is 376 g/mol. The molecule has 1 aromatic carbocycles. The van der Waals surface area contributed by atoms with Gasteiger partial charge in [0.15, 0.2) is 5.65 Å². The largest absolute Gasteiger partial charge is 0.497 e. The lowest BCUT2D eigenvalue weighted by Crippen LogP contribution is -2.20. The van der Waals surface area contributed by atoms with E-state index in [1.807, 2.05) is 29.8 Å². The minimum absolute atomic E-state index is 0.0385. The van der Waals surface area contributed by atoms with E-state index in [0.717, 1.165) is 29.7 Å². The van der Waals surface area contributed by atoms with Gasteiger partial charge < -0.3 is 15.4 Å². The molecular formula is C20H20N6O2. The number of anilines is 1. The van der Waals surface area contributed by atoms with Gasteiger partial charge in [0.2, 0.25) is 6.41 Å². The van der Waals surface area contributed by atoms with Crippen LogP contribution in [-0.4, -0.2) is 51.3 Å². The van der Waals surface area contributed by atoms with E-state index in [-0.39, 0.29) is 6.04 Å². The summed E-state index contributed by atoms with van der Waals surface area (Å²) in [6, 6.07) is 5.84. The number of methoxy groups -OCH3 is 1. The highest BCUT2D eigenvalue weighted by Gasteiger charge is 2.27. The van der Waals surface area contributed by atoms with Gasteiger partial charge in [0.1, 0.15) is 23.6 Å². The van der Waals surface area contributed by atoms with E-state index in [0.29, 0.717) is 35.6 Å². The van der Waals surface area contributed by atoms with Crippen molar-refractivity contribution in [2.45, 2.75) is 19.4 Å². The first-order valence-corrected chi connectivity index (χ1v) is 8.94. The van der Waals surface area contributed by atoms with Crippen molar-refractivity contribution in [1.82, 2.24) is 24.6 Å². The number of likely N-dealkylation sites (tertiary alicyclic amines) is 1.